The van der Waals surface area contributed by atoms with Gasteiger partial charge in [-0.15, -0.1) is 0 Å². The lowest BCUT2D eigenvalue weighted by Gasteiger charge is -2.25. The number of carbonyl (C=O) groups is 2. The summed E-state index contributed by atoms with van der Waals surface area (Å²) >= 11 is 0. The van der Waals surface area contributed by atoms with Crippen LogP contribution in [0.3, 0.4) is 0 Å². The Hall–Kier alpha value is -3.34. The van der Waals surface area contributed by atoms with E-state index in [4.69, 9.17) is 9.57 Å². The normalized spacial score (nSPS) is 20.7. The highest BCUT2D eigenvalue weighted by molar-refractivity contribution is 5.91. The Labute approximate surface area is 203 Å². The van der Waals surface area contributed by atoms with Crippen molar-refractivity contribution < 1.29 is 28.7 Å². The number of carboxylic acid groups (broad SMARTS) is 1. The van der Waals surface area contributed by atoms with E-state index in [1.807, 2.05) is 6.07 Å². The number of halogens is 1. The first kappa shape index (κ1) is 24.8. The van der Waals surface area contributed by atoms with Crippen molar-refractivity contribution in [3.05, 3.63) is 65.6 Å². The van der Waals surface area contributed by atoms with Crippen LogP contribution in [0.5, 0.6) is 0 Å². The van der Waals surface area contributed by atoms with Crippen molar-refractivity contribution in [2.45, 2.75) is 44.6 Å². The fourth-order valence-electron chi connectivity index (χ4n) is 4.27. The number of likely N-dealkylation sites (tertiary alicyclic amines) is 1. The molecule has 2 saturated heterocycles. The van der Waals surface area contributed by atoms with Gasteiger partial charge in [0.15, 0.2) is 6.29 Å². The van der Waals surface area contributed by atoms with E-state index in [2.05, 4.69) is 15.4 Å². The highest BCUT2D eigenvalue weighted by Gasteiger charge is 2.32. The minimum Gasteiger partial charge on any atom is -0.465 e. The van der Waals surface area contributed by atoms with E-state index in [9.17, 15) is 19.1 Å². The zero-order valence-electron chi connectivity index (χ0n) is 19.3. The van der Waals surface area contributed by atoms with Crippen molar-refractivity contribution in [1.29, 1.82) is 0 Å². The highest BCUT2D eigenvalue weighted by Crippen LogP contribution is 2.23. The quantitative estimate of drug-likeness (QED) is 0.436. The van der Waals surface area contributed by atoms with Crippen LogP contribution < -0.4 is 10.4 Å². The summed E-state index contributed by atoms with van der Waals surface area (Å²) in [6.45, 7) is 2.40. The Morgan fingerprint density at radius 2 is 2.17 bits per heavy atom. The number of aromatic nitrogens is 1. The third-order valence-electron chi connectivity index (χ3n) is 5.99. The predicted molar refractivity (Wildman–Crippen MR) is 127 cm³/mol. The van der Waals surface area contributed by atoms with E-state index >= 15 is 0 Å². The summed E-state index contributed by atoms with van der Waals surface area (Å²) in [7, 11) is 0. The third kappa shape index (κ3) is 7.08. The Bertz CT molecular complexity index is 1040. The smallest absolute Gasteiger partial charge is 0.413 e. The van der Waals surface area contributed by atoms with E-state index in [1.54, 1.807) is 24.3 Å². The molecule has 2 atom stereocenters. The van der Waals surface area contributed by atoms with Gasteiger partial charge in [0, 0.05) is 44.9 Å². The van der Waals surface area contributed by atoms with Crippen LogP contribution in [0.15, 0.2) is 48.7 Å². The number of hydrogen-bond acceptors (Lipinski definition) is 6. The average molecular weight is 485 g/mol. The van der Waals surface area contributed by atoms with Gasteiger partial charge in [0.1, 0.15) is 11.6 Å². The summed E-state index contributed by atoms with van der Waals surface area (Å²) < 4.78 is 18.9. The molecule has 0 saturated carbocycles. The van der Waals surface area contributed by atoms with Crippen molar-refractivity contribution in [2.24, 2.45) is 0 Å². The summed E-state index contributed by atoms with van der Waals surface area (Å²) in [6.07, 6.45) is 6.25. The van der Waals surface area contributed by atoms with Gasteiger partial charge in [0.2, 0.25) is 0 Å². The molecule has 2 aromatic rings. The van der Waals surface area contributed by atoms with Gasteiger partial charge in [-0.05, 0) is 60.7 Å². The number of hydrogen-bond donors (Lipinski definition) is 2. The lowest BCUT2D eigenvalue weighted by atomic mass is 10.2. The van der Waals surface area contributed by atoms with E-state index in [0.717, 1.165) is 24.8 Å². The van der Waals surface area contributed by atoms with Gasteiger partial charge >= 0.3 is 6.09 Å². The standard InChI is InChI=1S/C25H29FN4O5/c26-20-5-3-4-19(14-20)16-29-12-11-21(17-29)30(25(32)33)22-9-7-18(15-27-22)8-10-23(31)28-35-24-6-1-2-13-34-24/h3-5,7-10,14-15,21,24H,1-2,6,11-13,16-17H2,(H,28,31)(H,32,33)/b10-8+/t21-,24?/m1/s1. The first-order valence-electron chi connectivity index (χ1n) is 11.7. The minimum absolute atomic E-state index is 0.264. The number of nitrogens with one attached hydrogen (secondary N) is 1. The number of anilines is 1. The lowest BCUT2D eigenvalue weighted by Crippen LogP contribution is -2.41. The van der Waals surface area contributed by atoms with E-state index in [1.165, 1.54) is 29.3 Å². The topological polar surface area (TPSA) is 104 Å². The predicted octanol–water partition coefficient (Wildman–Crippen LogP) is 3.57. The maximum atomic E-state index is 13.5. The summed E-state index contributed by atoms with van der Waals surface area (Å²) in [4.78, 5) is 36.9. The second-order valence-corrected chi connectivity index (χ2v) is 8.62. The molecule has 1 aromatic heterocycles. The van der Waals surface area contributed by atoms with Crippen LogP contribution >= 0.6 is 0 Å². The molecule has 9 nitrogen and oxygen atoms in total. The maximum absolute atomic E-state index is 13.5. The van der Waals surface area contributed by atoms with Crippen LogP contribution in [-0.4, -0.2) is 59.0 Å². The molecule has 1 aromatic carbocycles. The molecule has 0 aliphatic carbocycles. The molecular formula is C25H29FN4O5. The molecule has 186 valence electrons. The number of hydroxylamine groups is 1. The van der Waals surface area contributed by atoms with Crippen LogP contribution in [0.1, 0.15) is 36.8 Å². The second-order valence-electron chi connectivity index (χ2n) is 8.62. The molecule has 2 N–H and O–H groups in total. The molecule has 10 heteroatoms. The number of nitrogens with zero attached hydrogens (tertiary/aromatic N) is 3. The summed E-state index contributed by atoms with van der Waals surface area (Å²) in [5.74, 6) is -0.402. The largest absolute Gasteiger partial charge is 0.465 e. The Morgan fingerprint density at radius 1 is 1.29 bits per heavy atom. The van der Waals surface area contributed by atoms with Crippen molar-refractivity contribution in [3.8, 4) is 0 Å². The number of carbonyl (C=O) groups excluding carboxylic acids is 1. The molecule has 4 rings (SSSR count). The maximum Gasteiger partial charge on any atom is 0.413 e. The summed E-state index contributed by atoms with van der Waals surface area (Å²) in [5.41, 5.74) is 3.84. The Morgan fingerprint density at radius 3 is 2.89 bits per heavy atom. The molecule has 2 aliphatic heterocycles. The molecule has 0 spiro atoms. The van der Waals surface area contributed by atoms with Gasteiger partial charge in [0.05, 0.1) is 6.04 Å². The van der Waals surface area contributed by atoms with Gasteiger partial charge in [0.25, 0.3) is 5.91 Å². The molecule has 2 aliphatic rings. The molecule has 35 heavy (non-hydrogen) atoms. The molecule has 0 bridgehead atoms. The van der Waals surface area contributed by atoms with E-state index < -0.39 is 18.3 Å². The number of ether oxygens (including phenoxy) is 1. The molecule has 1 unspecified atom stereocenters. The summed E-state index contributed by atoms with van der Waals surface area (Å²) in [6, 6.07) is 9.48. The zero-order chi connectivity index (χ0) is 24.6. The van der Waals surface area contributed by atoms with Gasteiger partial charge in [-0.3, -0.25) is 14.6 Å². The zero-order valence-corrected chi connectivity index (χ0v) is 19.3. The van der Waals surface area contributed by atoms with Gasteiger partial charge < -0.3 is 9.84 Å². The lowest BCUT2D eigenvalue weighted by molar-refractivity contribution is -0.198. The number of amides is 2. The average Bonchev–Trinajstić information content (AvgIpc) is 3.30. The van der Waals surface area contributed by atoms with Gasteiger partial charge in [-0.2, -0.15) is 0 Å². The molecule has 2 fully saturated rings. The highest BCUT2D eigenvalue weighted by atomic mass is 19.1. The second kappa shape index (κ2) is 11.9. The summed E-state index contributed by atoms with van der Waals surface area (Å²) in [5, 5.41) is 9.84. The monoisotopic (exact) mass is 484 g/mol. The van der Waals surface area contributed by atoms with E-state index in [-0.39, 0.29) is 11.9 Å². The first-order chi connectivity index (χ1) is 17.0. The molecular weight excluding hydrogens is 455 g/mol. The Balaban J connectivity index is 1.31. The minimum atomic E-state index is -1.08. The van der Waals surface area contributed by atoms with Crippen molar-refractivity contribution >= 4 is 23.9 Å². The van der Waals surface area contributed by atoms with Gasteiger partial charge in [-0.1, -0.05) is 12.1 Å². The molecule has 0 radical (unpaired) electrons. The third-order valence-corrected chi connectivity index (χ3v) is 5.99. The molecule has 3 heterocycles. The number of rotatable bonds is 8. The van der Waals surface area contributed by atoms with Crippen LogP contribution in [0.25, 0.3) is 6.08 Å². The number of benzene rings is 1. The van der Waals surface area contributed by atoms with Crippen molar-refractivity contribution in [2.75, 3.05) is 24.6 Å². The Kier molecular flexibility index (Phi) is 8.40. The fraction of sp³-hybridized carbons (Fsp3) is 0.400. The first-order valence-corrected chi connectivity index (χ1v) is 11.7. The number of pyridine rings is 1. The van der Waals surface area contributed by atoms with Gasteiger partial charge in [-0.25, -0.2) is 24.5 Å². The van der Waals surface area contributed by atoms with Crippen LogP contribution in [0.4, 0.5) is 15.0 Å². The SMILES string of the molecule is O=C(/C=C/c1ccc(N(C(=O)O)[C@@H]2CCN(Cc3cccc(F)c3)C2)nc1)NOC1CCCCO1. The molecule has 2 amide bonds. The van der Waals surface area contributed by atoms with E-state index in [0.29, 0.717) is 44.0 Å². The van der Waals surface area contributed by atoms with Crippen molar-refractivity contribution in [3.63, 3.8) is 0 Å². The van der Waals surface area contributed by atoms with Crippen LogP contribution in [0.2, 0.25) is 0 Å². The fourth-order valence-corrected chi connectivity index (χ4v) is 4.27. The van der Waals surface area contributed by atoms with Crippen LogP contribution in [-0.2, 0) is 20.9 Å². The van der Waals surface area contributed by atoms with Crippen LogP contribution in [0, 0.1) is 5.82 Å². The van der Waals surface area contributed by atoms with Crippen molar-refractivity contribution in [1.82, 2.24) is 15.4 Å².